The highest BCUT2D eigenvalue weighted by Crippen LogP contribution is 2.30. The van der Waals surface area contributed by atoms with Crippen LogP contribution in [0.15, 0.2) is 52.9 Å². The van der Waals surface area contributed by atoms with E-state index in [1.54, 1.807) is 7.11 Å². The molecule has 0 radical (unpaired) electrons. The minimum Gasteiger partial charge on any atom is -0.497 e. The molecule has 1 atom stereocenters. The van der Waals surface area contributed by atoms with E-state index in [1.807, 2.05) is 49.4 Å². The fourth-order valence-corrected chi connectivity index (χ4v) is 3.69. The zero-order chi connectivity index (χ0) is 18.8. The Kier molecular flexibility index (Phi) is 4.75. The molecule has 1 aromatic heterocycles. The highest BCUT2D eigenvalue weighted by molar-refractivity contribution is 5.83. The monoisotopic (exact) mass is 364 g/mol. The van der Waals surface area contributed by atoms with Crippen molar-refractivity contribution >= 4 is 22.6 Å². The fourth-order valence-electron chi connectivity index (χ4n) is 3.69. The van der Waals surface area contributed by atoms with Crippen molar-refractivity contribution in [3.63, 3.8) is 0 Å². The lowest BCUT2D eigenvalue weighted by molar-refractivity contribution is -0.120. The summed E-state index contributed by atoms with van der Waals surface area (Å²) in [7, 11) is 1.68. The van der Waals surface area contributed by atoms with E-state index in [2.05, 4.69) is 16.3 Å². The number of hydrogen-bond donors (Lipinski definition) is 1. The van der Waals surface area contributed by atoms with Crippen molar-refractivity contribution < 1.29 is 13.9 Å². The van der Waals surface area contributed by atoms with Crippen molar-refractivity contribution in [1.82, 2.24) is 5.32 Å². The van der Waals surface area contributed by atoms with Crippen LogP contribution in [0, 0.1) is 0 Å². The van der Waals surface area contributed by atoms with Gasteiger partial charge in [-0.05, 0) is 55.7 Å². The number of fused-ring (bicyclic) bond motifs is 2. The number of ether oxygens (including phenoxy) is 1. The number of para-hydroxylation sites is 1. The first-order valence-corrected chi connectivity index (χ1v) is 9.34. The number of nitrogens with zero attached hydrogens (tertiary/aromatic N) is 1. The van der Waals surface area contributed by atoms with Crippen molar-refractivity contribution in [2.45, 2.75) is 25.8 Å². The van der Waals surface area contributed by atoms with Crippen molar-refractivity contribution in [2.75, 3.05) is 25.1 Å². The van der Waals surface area contributed by atoms with E-state index in [-0.39, 0.29) is 11.9 Å². The number of aryl methyl sites for hydroxylation is 1. The van der Waals surface area contributed by atoms with Gasteiger partial charge in [-0.2, -0.15) is 0 Å². The van der Waals surface area contributed by atoms with Gasteiger partial charge in [-0.15, -0.1) is 0 Å². The van der Waals surface area contributed by atoms with E-state index >= 15 is 0 Å². The number of methoxy groups -OCH3 is 1. The Morgan fingerprint density at radius 1 is 1.26 bits per heavy atom. The third-order valence-corrected chi connectivity index (χ3v) is 5.08. The van der Waals surface area contributed by atoms with Gasteiger partial charge in [-0.1, -0.05) is 18.2 Å². The Bertz CT molecular complexity index is 930. The average Bonchev–Trinajstić information content (AvgIpc) is 3.12. The van der Waals surface area contributed by atoms with Crippen LogP contribution in [0.1, 0.15) is 30.7 Å². The van der Waals surface area contributed by atoms with Crippen LogP contribution in [0.5, 0.6) is 5.75 Å². The molecule has 5 nitrogen and oxygen atoms in total. The number of furan rings is 1. The zero-order valence-corrected chi connectivity index (χ0v) is 15.7. The molecule has 0 spiro atoms. The van der Waals surface area contributed by atoms with Crippen molar-refractivity contribution in [3.8, 4) is 5.75 Å². The Labute approximate surface area is 158 Å². The molecule has 140 valence electrons. The molecule has 1 aliphatic heterocycles. The molecule has 1 N–H and O–H groups in total. The molecule has 0 fully saturated rings. The molecule has 4 rings (SSSR count). The molecule has 0 aliphatic carbocycles. The summed E-state index contributed by atoms with van der Waals surface area (Å²) < 4.78 is 11.2. The summed E-state index contributed by atoms with van der Waals surface area (Å²) in [5.41, 5.74) is 3.19. The van der Waals surface area contributed by atoms with E-state index in [0.717, 1.165) is 47.6 Å². The third kappa shape index (κ3) is 3.63. The number of anilines is 1. The van der Waals surface area contributed by atoms with E-state index in [4.69, 9.17) is 9.15 Å². The lowest BCUT2D eigenvalue weighted by atomic mass is 10.0. The number of nitrogens with one attached hydrogen (secondary N) is 1. The minimum absolute atomic E-state index is 0.00776. The van der Waals surface area contributed by atoms with Crippen LogP contribution in [0.3, 0.4) is 0 Å². The van der Waals surface area contributed by atoms with Crippen LogP contribution >= 0.6 is 0 Å². The minimum atomic E-state index is -0.176. The second-order valence-corrected chi connectivity index (χ2v) is 7.00. The van der Waals surface area contributed by atoms with Crippen LogP contribution in [-0.2, 0) is 11.2 Å². The number of hydrogen-bond acceptors (Lipinski definition) is 4. The fraction of sp³-hybridized carbons (Fsp3) is 0.318. The number of carbonyl (C=O) groups is 1. The van der Waals surface area contributed by atoms with Crippen molar-refractivity contribution in [1.29, 1.82) is 0 Å². The van der Waals surface area contributed by atoms with Gasteiger partial charge in [0.25, 0.3) is 0 Å². The third-order valence-electron chi connectivity index (χ3n) is 5.08. The van der Waals surface area contributed by atoms with Crippen LogP contribution in [0.2, 0.25) is 0 Å². The largest absolute Gasteiger partial charge is 0.497 e. The molecule has 2 heterocycles. The first-order chi connectivity index (χ1) is 13.1. The first kappa shape index (κ1) is 17.5. The maximum Gasteiger partial charge on any atom is 0.240 e. The first-order valence-electron chi connectivity index (χ1n) is 9.34. The molecule has 1 unspecified atom stereocenters. The summed E-state index contributed by atoms with van der Waals surface area (Å²) in [5.74, 6) is 1.62. The van der Waals surface area contributed by atoms with Crippen molar-refractivity contribution in [2.24, 2.45) is 0 Å². The SMILES string of the molecule is COc1ccc2c(c1)CCCN2CC(=O)NC(C)c1cc2ccccc2o1. The van der Waals surface area contributed by atoms with Gasteiger partial charge in [0.2, 0.25) is 5.91 Å². The summed E-state index contributed by atoms with van der Waals surface area (Å²) in [6.45, 7) is 3.17. The van der Waals surface area contributed by atoms with Gasteiger partial charge in [0.15, 0.2) is 0 Å². The van der Waals surface area contributed by atoms with Gasteiger partial charge < -0.3 is 19.4 Å². The summed E-state index contributed by atoms with van der Waals surface area (Å²) in [5, 5.41) is 4.11. The number of carbonyl (C=O) groups excluding carboxylic acids is 1. The molecule has 2 aromatic carbocycles. The molecule has 1 aliphatic rings. The van der Waals surface area contributed by atoms with Gasteiger partial charge in [0, 0.05) is 17.6 Å². The normalized spacial score (nSPS) is 14.7. The standard InChI is InChI=1S/C22H24N2O3/c1-15(21-13-17-6-3-4-8-20(17)27-21)23-22(25)14-24-11-5-7-16-12-18(26-2)9-10-19(16)24/h3-4,6,8-10,12-13,15H,5,7,11,14H2,1-2H3,(H,23,25). The lowest BCUT2D eigenvalue weighted by Gasteiger charge is -2.31. The molecular formula is C22H24N2O3. The summed E-state index contributed by atoms with van der Waals surface area (Å²) in [4.78, 5) is 14.8. The van der Waals surface area contributed by atoms with Crippen LogP contribution in [0.4, 0.5) is 5.69 Å². The quantitative estimate of drug-likeness (QED) is 0.741. The van der Waals surface area contributed by atoms with Crippen LogP contribution < -0.4 is 15.0 Å². The highest BCUT2D eigenvalue weighted by atomic mass is 16.5. The molecule has 1 amide bonds. The van der Waals surface area contributed by atoms with Gasteiger partial charge in [0.1, 0.15) is 17.1 Å². The molecule has 27 heavy (non-hydrogen) atoms. The van der Waals surface area contributed by atoms with Crippen LogP contribution in [-0.4, -0.2) is 26.1 Å². The van der Waals surface area contributed by atoms with E-state index in [1.165, 1.54) is 5.56 Å². The molecule has 3 aromatic rings. The molecule has 0 saturated heterocycles. The van der Waals surface area contributed by atoms with E-state index in [0.29, 0.717) is 6.54 Å². The van der Waals surface area contributed by atoms with Crippen molar-refractivity contribution in [3.05, 3.63) is 59.9 Å². The van der Waals surface area contributed by atoms with E-state index in [9.17, 15) is 4.79 Å². The maximum atomic E-state index is 12.6. The Balaban J connectivity index is 1.44. The number of rotatable bonds is 5. The van der Waals surface area contributed by atoms with Crippen LogP contribution in [0.25, 0.3) is 11.0 Å². The Hall–Kier alpha value is -2.95. The topological polar surface area (TPSA) is 54.7 Å². The van der Waals surface area contributed by atoms with Gasteiger partial charge in [0.05, 0.1) is 19.7 Å². The van der Waals surface area contributed by atoms with Gasteiger partial charge in [-0.3, -0.25) is 4.79 Å². The number of amides is 1. The molecular weight excluding hydrogens is 340 g/mol. The Morgan fingerprint density at radius 2 is 2.11 bits per heavy atom. The Morgan fingerprint density at radius 3 is 2.93 bits per heavy atom. The van der Waals surface area contributed by atoms with Gasteiger partial charge >= 0.3 is 0 Å². The summed E-state index contributed by atoms with van der Waals surface area (Å²) in [6.07, 6.45) is 2.05. The van der Waals surface area contributed by atoms with Gasteiger partial charge in [-0.25, -0.2) is 0 Å². The number of benzene rings is 2. The molecule has 0 bridgehead atoms. The smallest absolute Gasteiger partial charge is 0.240 e. The zero-order valence-electron chi connectivity index (χ0n) is 15.7. The maximum absolute atomic E-state index is 12.6. The average molecular weight is 364 g/mol. The lowest BCUT2D eigenvalue weighted by Crippen LogP contribution is -2.40. The van der Waals surface area contributed by atoms with E-state index < -0.39 is 0 Å². The highest BCUT2D eigenvalue weighted by Gasteiger charge is 2.21. The predicted octanol–water partition coefficient (Wildman–Crippen LogP) is 4.07. The molecule has 0 saturated carbocycles. The second kappa shape index (κ2) is 7.35. The molecule has 5 heteroatoms. The second-order valence-electron chi connectivity index (χ2n) is 7.00. The summed E-state index contributed by atoms with van der Waals surface area (Å²) in [6, 6.07) is 15.7. The summed E-state index contributed by atoms with van der Waals surface area (Å²) >= 11 is 0. The predicted molar refractivity (Wildman–Crippen MR) is 106 cm³/mol.